The van der Waals surface area contributed by atoms with E-state index < -0.39 is 0 Å². The Morgan fingerprint density at radius 1 is 0.394 bits per heavy atom. The third-order valence-electron chi connectivity index (χ3n) is 6.28. The van der Waals surface area contributed by atoms with Gasteiger partial charge in [-0.25, -0.2) is 0 Å². The molecule has 0 unspecified atom stereocenters. The van der Waals surface area contributed by atoms with E-state index in [1.807, 2.05) is 0 Å². The standard InChI is InChI=1S/C29H56O4/c1-3-5-7-9-11-15-19-23-27-33-29(31)25-21-17-13-12-16-20-24-28(30)32-26-22-18-14-10-8-6-4-2/h3-27H2,1-2H3. The van der Waals surface area contributed by atoms with Gasteiger partial charge in [0.2, 0.25) is 0 Å². The van der Waals surface area contributed by atoms with Gasteiger partial charge in [0.25, 0.3) is 0 Å². The lowest BCUT2D eigenvalue weighted by Gasteiger charge is -2.06. The topological polar surface area (TPSA) is 52.6 Å². The predicted octanol–water partition coefficient (Wildman–Crippen LogP) is 9.08. The van der Waals surface area contributed by atoms with Crippen LogP contribution in [0, 0.1) is 0 Å². The molecule has 0 N–H and O–H groups in total. The van der Waals surface area contributed by atoms with Crippen molar-refractivity contribution in [1.82, 2.24) is 0 Å². The third-order valence-corrected chi connectivity index (χ3v) is 6.28. The minimum Gasteiger partial charge on any atom is -0.466 e. The average molecular weight is 469 g/mol. The van der Waals surface area contributed by atoms with Crippen molar-refractivity contribution in [1.29, 1.82) is 0 Å². The van der Waals surface area contributed by atoms with Crippen LogP contribution in [-0.2, 0) is 19.1 Å². The Morgan fingerprint density at radius 2 is 0.667 bits per heavy atom. The van der Waals surface area contributed by atoms with Crippen LogP contribution < -0.4 is 0 Å². The molecule has 0 atom stereocenters. The van der Waals surface area contributed by atoms with E-state index >= 15 is 0 Å². The van der Waals surface area contributed by atoms with Gasteiger partial charge in [0, 0.05) is 12.8 Å². The molecular formula is C29H56O4. The van der Waals surface area contributed by atoms with Crippen LogP contribution in [0.1, 0.15) is 162 Å². The van der Waals surface area contributed by atoms with Gasteiger partial charge in [-0.1, -0.05) is 123 Å². The van der Waals surface area contributed by atoms with Crippen molar-refractivity contribution >= 4 is 11.9 Å². The van der Waals surface area contributed by atoms with Gasteiger partial charge in [-0.15, -0.1) is 0 Å². The Labute approximate surface area is 206 Å². The number of carbonyl (C=O) groups is 2. The monoisotopic (exact) mass is 468 g/mol. The van der Waals surface area contributed by atoms with E-state index in [9.17, 15) is 9.59 Å². The number of esters is 2. The first-order valence-electron chi connectivity index (χ1n) is 14.5. The number of ether oxygens (including phenoxy) is 2. The second-order valence-electron chi connectivity index (χ2n) is 9.66. The highest BCUT2D eigenvalue weighted by atomic mass is 16.5. The normalized spacial score (nSPS) is 11.0. The fourth-order valence-electron chi connectivity index (χ4n) is 4.06. The summed E-state index contributed by atoms with van der Waals surface area (Å²) < 4.78 is 10.7. The zero-order valence-electron chi connectivity index (χ0n) is 22.3. The lowest BCUT2D eigenvalue weighted by Crippen LogP contribution is -2.06. The lowest BCUT2D eigenvalue weighted by atomic mass is 10.1. The van der Waals surface area contributed by atoms with E-state index in [1.54, 1.807) is 0 Å². The Kier molecular flexibility index (Phi) is 26.3. The molecular weight excluding hydrogens is 412 g/mol. The molecule has 4 heteroatoms. The van der Waals surface area contributed by atoms with Crippen molar-refractivity contribution in [3.05, 3.63) is 0 Å². The average Bonchev–Trinajstić information content (AvgIpc) is 2.81. The van der Waals surface area contributed by atoms with Gasteiger partial charge in [-0.2, -0.15) is 0 Å². The fraction of sp³-hybridized carbons (Fsp3) is 0.931. The molecule has 0 radical (unpaired) electrons. The van der Waals surface area contributed by atoms with E-state index in [2.05, 4.69) is 13.8 Å². The second kappa shape index (κ2) is 27.2. The molecule has 0 aromatic heterocycles. The molecule has 0 aliphatic rings. The van der Waals surface area contributed by atoms with Gasteiger partial charge in [-0.3, -0.25) is 9.59 Å². The highest BCUT2D eigenvalue weighted by Crippen LogP contribution is 2.11. The molecule has 0 amide bonds. The van der Waals surface area contributed by atoms with E-state index in [1.165, 1.54) is 83.5 Å². The molecule has 0 bridgehead atoms. The molecule has 0 spiro atoms. The maximum Gasteiger partial charge on any atom is 0.305 e. The molecule has 0 aromatic carbocycles. The zero-order valence-corrected chi connectivity index (χ0v) is 22.3. The first kappa shape index (κ1) is 31.9. The van der Waals surface area contributed by atoms with Crippen LogP contribution in [0.15, 0.2) is 0 Å². The number of hydrogen-bond acceptors (Lipinski definition) is 4. The van der Waals surface area contributed by atoms with Gasteiger partial charge in [0.15, 0.2) is 0 Å². The molecule has 0 aliphatic carbocycles. The number of rotatable bonds is 26. The largest absolute Gasteiger partial charge is 0.466 e. The minimum atomic E-state index is -0.0415. The van der Waals surface area contributed by atoms with Crippen molar-refractivity contribution < 1.29 is 19.1 Å². The summed E-state index contributed by atoms with van der Waals surface area (Å²) in [6.07, 6.45) is 26.1. The molecule has 0 aromatic rings. The molecule has 0 heterocycles. The van der Waals surface area contributed by atoms with Crippen molar-refractivity contribution in [2.45, 2.75) is 162 Å². The van der Waals surface area contributed by atoms with Gasteiger partial charge in [0.05, 0.1) is 13.2 Å². The van der Waals surface area contributed by atoms with Crippen molar-refractivity contribution in [2.24, 2.45) is 0 Å². The molecule has 0 saturated carbocycles. The Balaban J connectivity index is 3.25. The Hall–Kier alpha value is -1.06. The zero-order chi connectivity index (χ0) is 24.2. The van der Waals surface area contributed by atoms with Gasteiger partial charge >= 0.3 is 11.9 Å². The number of hydrogen-bond donors (Lipinski definition) is 0. The summed E-state index contributed by atoms with van der Waals surface area (Å²) in [7, 11) is 0. The van der Waals surface area contributed by atoms with Crippen molar-refractivity contribution in [3.8, 4) is 0 Å². The van der Waals surface area contributed by atoms with Gasteiger partial charge < -0.3 is 9.47 Å². The SMILES string of the molecule is CCCCCCCCCCOC(=O)CCCCCCCCC(=O)OCCCCCCCCC. The molecule has 33 heavy (non-hydrogen) atoms. The second-order valence-corrected chi connectivity index (χ2v) is 9.66. The van der Waals surface area contributed by atoms with Crippen LogP contribution in [0.2, 0.25) is 0 Å². The predicted molar refractivity (Wildman–Crippen MR) is 139 cm³/mol. The summed E-state index contributed by atoms with van der Waals surface area (Å²) >= 11 is 0. The maximum atomic E-state index is 11.8. The molecule has 0 aliphatic heterocycles. The smallest absolute Gasteiger partial charge is 0.305 e. The van der Waals surface area contributed by atoms with Gasteiger partial charge in [0.1, 0.15) is 0 Å². The highest BCUT2D eigenvalue weighted by Gasteiger charge is 2.04. The molecule has 196 valence electrons. The van der Waals surface area contributed by atoms with Crippen LogP contribution in [0.3, 0.4) is 0 Å². The van der Waals surface area contributed by atoms with Crippen LogP contribution >= 0.6 is 0 Å². The van der Waals surface area contributed by atoms with E-state index in [0.29, 0.717) is 26.1 Å². The number of unbranched alkanes of at least 4 members (excludes halogenated alkanes) is 18. The summed E-state index contributed by atoms with van der Waals surface area (Å²) in [5.74, 6) is -0.0816. The number of carbonyl (C=O) groups excluding carboxylic acids is 2. The summed E-state index contributed by atoms with van der Waals surface area (Å²) in [5.41, 5.74) is 0. The fourth-order valence-corrected chi connectivity index (χ4v) is 4.06. The maximum absolute atomic E-state index is 11.8. The molecule has 4 nitrogen and oxygen atoms in total. The lowest BCUT2D eigenvalue weighted by molar-refractivity contribution is -0.144. The van der Waals surface area contributed by atoms with Gasteiger partial charge in [-0.05, 0) is 25.7 Å². The van der Waals surface area contributed by atoms with Crippen LogP contribution in [0.25, 0.3) is 0 Å². The van der Waals surface area contributed by atoms with Crippen LogP contribution in [0.5, 0.6) is 0 Å². The third kappa shape index (κ3) is 27.1. The summed E-state index contributed by atoms with van der Waals surface area (Å²) in [5, 5.41) is 0. The first-order chi connectivity index (χ1) is 16.2. The summed E-state index contributed by atoms with van der Waals surface area (Å²) in [4.78, 5) is 23.5. The molecule has 0 rings (SSSR count). The first-order valence-corrected chi connectivity index (χ1v) is 14.5. The van der Waals surface area contributed by atoms with Crippen molar-refractivity contribution in [2.75, 3.05) is 13.2 Å². The van der Waals surface area contributed by atoms with E-state index in [4.69, 9.17) is 9.47 Å². The Morgan fingerprint density at radius 3 is 1.00 bits per heavy atom. The minimum absolute atomic E-state index is 0.0401. The highest BCUT2D eigenvalue weighted by molar-refractivity contribution is 5.69. The Bertz CT molecular complexity index is 422. The van der Waals surface area contributed by atoms with Crippen molar-refractivity contribution in [3.63, 3.8) is 0 Å². The van der Waals surface area contributed by atoms with Crippen LogP contribution in [0.4, 0.5) is 0 Å². The quantitative estimate of drug-likeness (QED) is 0.0938. The summed E-state index contributed by atoms with van der Waals surface area (Å²) in [6.45, 7) is 5.65. The molecule has 0 saturated heterocycles. The van der Waals surface area contributed by atoms with E-state index in [-0.39, 0.29) is 11.9 Å². The molecule has 0 fully saturated rings. The summed E-state index contributed by atoms with van der Waals surface area (Å²) in [6, 6.07) is 0. The van der Waals surface area contributed by atoms with Crippen LogP contribution in [-0.4, -0.2) is 25.2 Å². The van der Waals surface area contributed by atoms with E-state index in [0.717, 1.165) is 51.4 Å².